The molecule has 1 aliphatic heterocycles. The summed E-state index contributed by atoms with van der Waals surface area (Å²) >= 11 is 1.63. The zero-order valence-electron chi connectivity index (χ0n) is 13.3. The molecule has 0 unspecified atom stereocenters. The fraction of sp³-hybridized carbons (Fsp3) is 0.412. The van der Waals surface area contributed by atoms with E-state index in [9.17, 15) is 0 Å². The van der Waals surface area contributed by atoms with Crippen LogP contribution in [0, 0.1) is 0 Å². The molecular formula is C17H21N3O2S. The molecule has 0 N–H and O–H groups in total. The molecular weight excluding hydrogens is 310 g/mol. The van der Waals surface area contributed by atoms with Crippen molar-refractivity contribution < 1.29 is 9.47 Å². The highest BCUT2D eigenvalue weighted by Gasteiger charge is 2.07. The molecule has 122 valence electrons. The largest absolute Gasteiger partial charge is 0.489 e. The first-order chi connectivity index (χ1) is 11.4. The predicted octanol–water partition coefficient (Wildman–Crippen LogP) is 2.62. The van der Waals surface area contributed by atoms with Gasteiger partial charge < -0.3 is 9.47 Å². The first-order valence-electron chi connectivity index (χ1n) is 7.73. The van der Waals surface area contributed by atoms with Gasteiger partial charge in [-0.1, -0.05) is 12.2 Å². The second kappa shape index (κ2) is 8.29. The van der Waals surface area contributed by atoms with Crippen LogP contribution in [0.2, 0.25) is 0 Å². The quantitative estimate of drug-likeness (QED) is 0.461. The predicted molar refractivity (Wildman–Crippen MR) is 93.2 cm³/mol. The Morgan fingerprint density at radius 2 is 2.13 bits per heavy atom. The molecule has 2 heterocycles. The third kappa shape index (κ3) is 4.43. The van der Waals surface area contributed by atoms with Crippen LogP contribution in [0.1, 0.15) is 0 Å². The van der Waals surface area contributed by atoms with Crippen LogP contribution in [0.15, 0.2) is 41.7 Å². The average molecular weight is 331 g/mol. The molecule has 1 saturated heterocycles. The van der Waals surface area contributed by atoms with Crippen molar-refractivity contribution in [3.63, 3.8) is 0 Å². The monoisotopic (exact) mass is 331 g/mol. The molecule has 2 aromatic rings. The number of aromatic nitrogens is 2. The van der Waals surface area contributed by atoms with Gasteiger partial charge in [-0.05, 0) is 18.4 Å². The van der Waals surface area contributed by atoms with Gasteiger partial charge in [0.25, 0.3) is 0 Å². The molecule has 0 amide bonds. The first-order valence-corrected chi connectivity index (χ1v) is 8.96. The van der Waals surface area contributed by atoms with E-state index in [1.165, 1.54) is 0 Å². The van der Waals surface area contributed by atoms with Crippen LogP contribution < -0.4 is 4.74 Å². The molecule has 0 aliphatic carbocycles. The van der Waals surface area contributed by atoms with Crippen LogP contribution in [0.4, 0.5) is 0 Å². The summed E-state index contributed by atoms with van der Waals surface area (Å²) in [5.41, 5.74) is 0.916. The van der Waals surface area contributed by atoms with Crippen LogP contribution in [-0.4, -0.2) is 60.6 Å². The minimum Gasteiger partial charge on any atom is -0.489 e. The molecule has 1 aliphatic rings. The van der Waals surface area contributed by atoms with Crippen molar-refractivity contribution in [2.24, 2.45) is 0 Å². The molecule has 1 aromatic heterocycles. The highest BCUT2D eigenvalue weighted by atomic mass is 32.2. The number of hydrogen-bond donors (Lipinski definition) is 0. The number of rotatable bonds is 6. The standard InChI is InChI=1S/C17H21N3O2S/c1-23-17-15-5-4-14(12-16(15)18-13-19-17)22-9-3-2-6-20-7-10-21-11-8-20/h2-5,12-13H,6-11H2,1H3/b3-2+. The van der Waals surface area contributed by atoms with E-state index in [-0.39, 0.29) is 0 Å². The van der Waals surface area contributed by atoms with Crippen LogP contribution in [-0.2, 0) is 4.74 Å². The van der Waals surface area contributed by atoms with Gasteiger partial charge in [-0.15, -0.1) is 11.8 Å². The van der Waals surface area contributed by atoms with Crippen LogP contribution in [0.5, 0.6) is 5.75 Å². The number of morpholine rings is 1. The Balaban J connectivity index is 1.53. The maximum absolute atomic E-state index is 5.78. The van der Waals surface area contributed by atoms with E-state index in [0.29, 0.717) is 6.61 Å². The molecule has 0 saturated carbocycles. The summed E-state index contributed by atoms with van der Waals surface area (Å²) in [6.07, 6.45) is 7.83. The van der Waals surface area contributed by atoms with Crippen molar-refractivity contribution in [2.75, 3.05) is 45.7 Å². The van der Waals surface area contributed by atoms with Crippen molar-refractivity contribution in [2.45, 2.75) is 5.03 Å². The molecule has 0 radical (unpaired) electrons. The average Bonchev–Trinajstić information content (AvgIpc) is 2.61. The Morgan fingerprint density at radius 3 is 2.96 bits per heavy atom. The lowest BCUT2D eigenvalue weighted by atomic mass is 10.2. The van der Waals surface area contributed by atoms with E-state index < -0.39 is 0 Å². The summed E-state index contributed by atoms with van der Waals surface area (Å²) in [7, 11) is 0. The molecule has 1 fully saturated rings. The highest BCUT2D eigenvalue weighted by Crippen LogP contribution is 2.25. The van der Waals surface area contributed by atoms with Crippen molar-refractivity contribution >= 4 is 22.7 Å². The van der Waals surface area contributed by atoms with Crippen LogP contribution in [0.3, 0.4) is 0 Å². The molecule has 6 heteroatoms. The number of ether oxygens (including phenoxy) is 2. The Morgan fingerprint density at radius 1 is 1.26 bits per heavy atom. The van der Waals surface area contributed by atoms with E-state index in [4.69, 9.17) is 9.47 Å². The molecule has 0 bridgehead atoms. The van der Waals surface area contributed by atoms with Gasteiger partial charge in [0.2, 0.25) is 0 Å². The van der Waals surface area contributed by atoms with Crippen LogP contribution in [0.25, 0.3) is 10.9 Å². The summed E-state index contributed by atoms with van der Waals surface area (Å²) in [4.78, 5) is 11.0. The van der Waals surface area contributed by atoms with Gasteiger partial charge in [0.05, 0.1) is 18.7 Å². The maximum atomic E-state index is 5.78. The minimum atomic E-state index is 0.566. The van der Waals surface area contributed by atoms with Gasteiger partial charge in [0.15, 0.2) is 0 Å². The zero-order valence-corrected chi connectivity index (χ0v) is 14.1. The van der Waals surface area contributed by atoms with Gasteiger partial charge in [-0.25, -0.2) is 9.97 Å². The number of nitrogens with zero attached hydrogens (tertiary/aromatic N) is 3. The molecule has 1 aromatic carbocycles. The third-order valence-corrected chi connectivity index (χ3v) is 4.46. The minimum absolute atomic E-state index is 0.566. The lowest BCUT2D eigenvalue weighted by Gasteiger charge is -2.25. The second-order valence-corrected chi connectivity index (χ2v) is 6.05. The van der Waals surface area contributed by atoms with Gasteiger partial charge >= 0.3 is 0 Å². The van der Waals surface area contributed by atoms with Crippen molar-refractivity contribution in [1.82, 2.24) is 14.9 Å². The normalized spacial score (nSPS) is 16.2. The lowest BCUT2D eigenvalue weighted by molar-refractivity contribution is 0.0434. The van der Waals surface area contributed by atoms with Gasteiger partial charge in [-0.2, -0.15) is 0 Å². The fourth-order valence-corrected chi connectivity index (χ4v) is 3.03. The highest BCUT2D eigenvalue weighted by molar-refractivity contribution is 7.98. The summed E-state index contributed by atoms with van der Waals surface area (Å²) in [6.45, 7) is 5.20. The maximum Gasteiger partial charge on any atom is 0.121 e. The smallest absolute Gasteiger partial charge is 0.121 e. The van der Waals surface area contributed by atoms with Gasteiger partial charge in [-0.3, -0.25) is 4.90 Å². The van der Waals surface area contributed by atoms with Crippen LogP contribution >= 0.6 is 11.8 Å². The number of fused-ring (bicyclic) bond motifs is 1. The topological polar surface area (TPSA) is 47.5 Å². The Kier molecular flexibility index (Phi) is 5.85. The van der Waals surface area contributed by atoms with E-state index in [1.807, 2.05) is 24.5 Å². The van der Waals surface area contributed by atoms with E-state index in [2.05, 4.69) is 27.0 Å². The van der Waals surface area contributed by atoms with Crippen molar-refractivity contribution in [3.05, 3.63) is 36.7 Å². The first kappa shape index (κ1) is 16.2. The Hall–Kier alpha value is -1.63. The SMILES string of the molecule is CSc1ncnc2cc(OC/C=C/CN3CCOCC3)ccc12. The summed E-state index contributed by atoms with van der Waals surface area (Å²) < 4.78 is 11.1. The number of thioether (sulfide) groups is 1. The molecule has 3 rings (SSSR count). The third-order valence-electron chi connectivity index (χ3n) is 3.74. The van der Waals surface area contributed by atoms with E-state index in [0.717, 1.165) is 54.5 Å². The second-order valence-electron chi connectivity index (χ2n) is 5.26. The summed E-state index contributed by atoms with van der Waals surface area (Å²) in [6, 6.07) is 5.96. The molecule has 5 nitrogen and oxygen atoms in total. The Labute approximate surface area is 140 Å². The van der Waals surface area contributed by atoms with Gasteiger partial charge in [0.1, 0.15) is 23.7 Å². The fourth-order valence-electron chi connectivity index (χ4n) is 2.48. The van der Waals surface area contributed by atoms with E-state index in [1.54, 1.807) is 18.1 Å². The lowest BCUT2D eigenvalue weighted by Crippen LogP contribution is -2.36. The molecule has 23 heavy (non-hydrogen) atoms. The number of benzene rings is 1. The van der Waals surface area contributed by atoms with Crippen molar-refractivity contribution in [1.29, 1.82) is 0 Å². The van der Waals surface area contributed by atoms with Crippen molar-refractivity contribution in [3.8, 4) is 5.75 Å². The zero-order chi connectivity index (χ0) is 15.9. The number of hydrogen-bond acceptors (Lipinski definition) is 6. The molecule has 0 spiro atoms. The van der Waals surface area contributed by atoms with Gasteiger partial charge in [0, 0.05) is 31.1 Å². The molecule has 0 atom stereocenters. The van der Waals surface area contributed by atoms with E-state index >= 15 is 0 Å². The Bertz CT molecular complexity index is 672. The summed E-state index contributed by atoms with van der Waals surface area (Å²) in [5.74, 6) is 0.833. The summed E-state index contributed by atoms with van der Waals surface area (Å²) in [5, 5.41) is 2.06.